The van der Waals surface area contributed by atoms with Gasteiger partial charge in [-0.2, -0.15) is 5.10 Å². The minimum Gasteiger partial charge on any atom is -0.411 e. The van der Waals surface area contributed by atoms with Crippen molar-refractivity contribution in [2.24, 2.45) is 10.6 Å². The van der Waals surface area contributed by atoms with Crippen LogP contribution in [0.4, 0.5) is 0 Å². The van der Waals surface area contributed by atoms with Crippen LogP contribution in [0.3, 0.4) is 0 Å². The van der Waals surface area contributed by atoms with E-state index in [1.165, 1.54) is 6.21 Å². The van der Waals surface area contributed by atoms with Gasteiger partial charge in [-0.25, -0.2) is 0 Å². The fourth-order valence-corrected chi connectivity index (χ4v) is 1.01. The molecule has 0 fully saturated rings. The zero-order chi connectivity index (χ0) is 9.03. The summed E-state index contributed by atoms with van der Waals surface area (Å²) >= 11 is 0. The Hall–Kier alpha value is -1.32. The molecule has 1 aromatic heterocycles. The van der Waals surface area contributed by atoms with E-state index in [-0.39, 0.29) is 5.41 Å². The number of nitrogens with zero attached hydrogens (tertiary/aromatic N) is 3. The van der Waals surface area contributed by atoms with Crippen molar-refractivity contribution in [3.8, 4) is 0 Å². The first kappa shape index (κ1) is 8.77. The molecular formula is C8H13N3O. The molecule has 0 amide bonds. The lowest BCUT2D eigenvalue weighted by Gasteiger charge is -2.17. The fourth-order valence-electron chi connectivity index (χ4n) is 1.01. The highest BCUT2D eigenvalue weighted by Crippen LogP contribution is 2.13. The lowest BCUT2D eigenvalue weighted by molar-refractivity contribution is 0.308. The molecule has 12 heavy (non-hydrogen) atoms. The molecule has 0 aliphatic carbocycles. The van der Waals surface area contributed by atoms with Gasteiger partial charge in [-0.15, -0.1) is 5.16 Å². The molecule has 0 radical (unpaired) electrons. The normalized spacial score (nSPS) is 12.5. The molecule has 0 saturated carbocycles. The molecule has 1 rings (SSSR count). The number of hydrogen-bond acceptors (Lipinski definition) is 3. The van der Waals surface area contributed by atoms with E-state index in [0.717, 1.165) is 0 Å². The number of aromatic nitrogens is 2. The van der Waals surface area contributed by atoms with Gasteiger partial charge in [0.15, 0.2) is 0 Å². The van der Waals surface area contributed by atoms with E-state index in [2.05, 4.69) is 10.3 Å². The van der Waals surface area contributed by atoms with E-state index in [1.54, 1.807) is 6.20 Å². The molecule has 1 aromatic rings. The fraction of sp³-hybridized carbons (Fsp3) is 0.500. The Kier molecular flexibility index (Phi) is 2.47. The highest BCUT2D eigenvalue weighted by atomic mass is 16.4. The summed E-state index contributed by atoms with van der Waals surface area (Å²) in [6.07, 6.45) is 5.12. The van der Waals surface area contributed by atoms with Gasteiger partial charge >= 0.3 is 0 Å². The van der Waals surface area contributed by atoms with Crippen molar-refractivity contribution < 1.29 is 5.21 Å². The zero-order valence-electron chi connectivity index (χ0n) is 7.31. The number of hydrogen-bond donors (Lipinski definition) is 1. The van der Waals surface area contributed by atoms with E-state index in [4.69, 9.17) is 5.21 Å². The maximum absolute atomic E-state index is 8.37. The van der Waals surface area contributed by atoms with Gasteiger partial charge in [-0.3, -0.25) is 4.68 Å². The van der Waals surface area contributed by atoms with Gasteiger partial charge in [-0.05, 0) is 6.07 Å². The second-order valence-corrected chi connectivity index (χ2v) is 3.44. The van der Waals surface area contributed by atoms with Gasteiger partial charge in [0.1, 0.15) is 0 Å². The summed E-state index contributed by atoms with van der Waals surface area (Å²) in [6, 6.07) is 1.87. The Morgan fingerprint density at radius 1 is 1.67 bits per heavy atom. The summed E-state index contributed by atoms with van der Waals surface area (Å²) in [6.45, 7) is 4.67. The first-order valence-corrected chi connectivity index (χ1v) is 3.80. The highest BCUT2D eigenvalue weighted by molar-refractivity contribution is 5.63. The molecule has 0 spiro atoms. The Labute approximate surface area is 71.5 Å². The SMILES string of the molecule is CC(C)(C=NO)Cn1cccn1. The average molecular weight is 167 g/mol. The Bertz CT molecular complexity index is 251. The smallest absolute Gasteiger partial charge is 0.0510 e. The summed E-state index contributed by atoms with van der Waals surface area (Å²) in [7, 11) is 0. The van der Waals surface area contributed by atoms with E-state index >= 15 is 0 Å². The molecule has 0 aliphatic rings. The molecule has 0 aliphatic heterocycles. The summed E-state index contributed by atoms with van der Waals surface area (Å²) < 4.78 is 1.81. The largest absolute Gasteiger partial charge is 0.411 e. The second kappa shape index (κ2) is 3.38. The van der Waals surface area contributed by atoms with Crippen LogP contribution in [-0.4, -0.2) is 21.2 Å². The highest BCUT2D eigenvalue weighted by Gasteiger charge is 2.15. The first-order chi connectivity index (χ1) is 5.64. The predicted octanol–water partition coefficient (Wildman–Crippen LogP) is 1.37. The molecule has 1 N–H and O–H groups in total. The minimum atomic E-state index is -0.166. The molecule has 0 bridgehead atoms. The lowest BCUT2D eigenvalue weighted by Crippen LogP contribution is -2.21. The summed E-state index contributed by atoms with van der Waals surface area (Å²) in [5.41, 5.74) is -0.166. The predicted molar refractivity (Wildman–Crippen MR) is 46.3 cm³/mol. The van der Waals surface area contributed by atoms with Crippen LogP contribution >= 0.6 is 0 Å². The van der Waals surface area contributed by atoms with E-state index in [0.29, 0.717) is 6.54 Å². The molecule has 0 aromatic carbocycles. The third kappa shape index (κ3) is 2.38. The second-order valence-electron chi connectivity index (χ2n) is 3.44. The molecule has 0 atom stereocenters. The maximum Gasteiger partial charge on any atom is 0.0510 e. The maximum atomic E-state index is 8.37. The van der Waals surface area contributed by atoms with Crippen LogP contribution in [0.2, 0.25) is 0 Å². The van der Waals surface area contributed by atoms with E-state index in [9.17, 15) is 0 Å². The van der Waals surface area contributed by atoms with Gasteiger partial charge < -0.3 is 5.21 Å². The minimum absolute atomic E-state index is 0.166. The molecule has 1 heterocycles. The standard InChI is InChI=1S/C8H13N3O/c1-8(2,6-10-12)7-11-5-3-4-9-11/h3-6,12H,7H2,1-2H3. The molecule has 0 unspecified atom stereocenters. The van der Waals surface area contributed by atoms with Crippen molar-refractivity contribution in [1.82, 2.24) is 9.78 Å². The van der Waals surface area contributed by atoms with Crippen LogP contribution < -0.4 is 0 Å². The van der Waals surface area contributed by atoms with E-state index < -0.39 is 0 Å². The van der Waals surface area contributed by atoms with Crippen LogP contribution in [0.1, 0.15) is 13.8 Å². The van der Waals surface area contributed by atoms with Crippen LogP contribution in [0.15, 0.2) is 23.6 Å². The van der Waals surface area contributed by atoms with Crippen LogP contribution in [0, 0.1) is 5.41 Å². The third-order valence-corrected chi connectivity index (χ3v) is 1.54. The van der Waals surface area contributed by atoms with Crippen molar-refractivity contribution in [3.05, 3.63) is 18.5 Å². The van der Waals surface area contributed by atoms with Crippen LogP contribution in [0.25, 0.3) is 0 Å². The van der Waals surface area contributed by atoms with E-state index in [1.807, 2.05) is 30.8 Å². The zero-order valence-corrected chi connectivity index (χ0v) is 7.31. The van der Waals surface area contributed by atoms with Gasteiger partial charge in [0, 0.05) is 17.8 Å². The van der Waals surface area contributed by atoms with Crippen molar-refractivity contribution in [2.45, 2.75) is 20.4 Å². The molecular weight excluding hydrogens is 154 g/mol. The molecule has 66 valence electrons. The first-order valence-electron chi connectivity index (χ1n) is 3.80. The monoisotopic (exact) mass is 167 g/mol. The molecule has 4 nitrogen and oxygen atoms in total. The Balaban J connectivity index is 2.62. The summed E-state index contributed by atoms with van der Waals surface area (Å²) in [5, 5.41) is 15.4. The van der Waals surface area contributed by atoms with Crippen LogP contribution in [0.5, 0.6) is 0 Å². The lowest BCUT2D eigenvalue weighted by atomic mass is 9.96. The average Bonchev–Trinajstić information content (AvgIpc) is 2.38. The summed E-state index contributed by atoms with van der Waals surface area (Å²) in [5.74, 6) is 0. The third-order valence-electron chi connectivity index (χ3n) is 1.54. The summed E-state index contributed by atoms with van der Waals surface area (Å²) in [4.78, 5) is 0. The Morgan fingerprint density at radius 3 is 2.92 bits per heavy atom. The van der Waals surface area contributed by atoms with Crippen molar-refractivity contribution in [3.63, 3.8) is 0 Å². The van der Waals surface area contributed by atoms with Crippen molar-refractivity contribution >= 4 is 6.21 Å². The molecule has 4 heteroatoms. The topological polar surface area (TPSA) is 50.4 Å². The number of rotatable bonds is 3. The Morgan fingerprint density at radius 2 is 2.42 bits per heavy atom. The van der Waals surface area contributed by atoms with Gasteiger partial charge in [0.05, 0.1) is 12.8 Å². The van der Waals surface area contributed by atoms with Gasteiger partial charge in [0.25, 0.3) is 0 Å². The number of oxime groups is 1. The van der Waals surface area contributed by atoms with Crippen molar-refractivity contribution in [2.75, 3.05) is 0 Å². The molecule has 0 saturated heterocycles. The van der Waals surface area contributed by atoms with Gasteiger partial charge in [-0.1, -0.05) is 13.8 Å². The van der Waals surface area contributed by atoms with Crippen LogP contribution in [-0.2, 0) is 6.54 Å². The van der Waals surface area contributed by atoms with Crippen molar-refractivity contribution in [1.29, 1.82) is 0 Å². The van der Waals surface area contributed by atoms with Gasteiger partial charge in [0.2, 0.25) is 0 Å². The quantitative estimate of drug-likeness (QED) is 0.420.